The molecule has 0 unspecified atom stereocenters. The lowest BCUT2D eigenvalue weighted by Gasteiger charge is -2.35. The second-order valence-corrected chi connectivity index (χ2v) is 5.68. The Balaban J connectivity index is 2.08. The third-order valence-corrected chi connectivity index (χ3v) is 4.53. The predicted octanol–water partition coefficient (Wildman–Crippen LogP) is 2.52. The van der Waals surface area contributed by atoms with Crippen molar-refractivity contribution in [2.45, 2.75) is 18.9 Å². The molecule has 2 aromatic carbocycles. The molecule has 108 valence electrons. The summed E-state index contributed by atoms with van der Waals surface area (Å²) in [5, 5.41) is 23.9. The maximum Gasteiger partial charge on any atom is 0.166 e. The third kappa shape index (κ3) is 1.72. The highest BCUT2D eigenvalue weighted by atomic mass is 16.5. The predicted molar refractivity (Wildman–Crippen MR) is 79.9 cm³/mol. The highest BCUT2D eigenvalue weighted by Gasteiger charge is 2.33. The molecule has 1 heterocycles. The van der Waals surface area contributed by atoms with E-state index in [-0.39, 0.29) is 17.5 Å². The lowest BCUT2D eigenvalue weighted by atomic mass is 9.77. The third-order valence-electron chi connectivity index (χ3n) is 4.53. The van der Waals surface area contributed by atoms with Crippen LogP contribution >= 0.6 is 0 Å². The fourth-order valence-electron chi connectivity index (χ4n) is 3.60. The molecule has 4 nitrogen and oxygen atoms in total. The summed E-state index contributed by atoms with van der Waals surface area (Å²) in [6.07, 6.45) is 1.80. The average Bonchev–Trinajstić information content (AvgIpc) is 2.49. The molecule has 4 rings (SSSR count). The number of methoxy groups -OCH3 is 1. The van der Waals surface area contributed by atoms with Crippen LogP contribution in [0.25, 0.3) is 11.1 Å². The van der Waals surface area contributed by atoms with E-state index in [2.05, 4.69) is 5.32 Å². The van der Waals surface area contributed by atoms with Crippen LogP contribution < -0.4 is 10.1 Å². The van der Waals surface area contributed by atoms with Crippen molar-refractivity contribution in [3.8, 4) is 28.4 Å². The molecule has 0 radical (unpaired) electrons. The van der Waals surface area contributed by atoms with E-state index in [1.165, 1.54) is 5.56 Å². The topological polar surface area (TPSA) is 61.7 Å². The van der Waals surface area contributed by atoms with Gasteiger partial charge in [-0.25, -0.2) is 0 Å². The number of phenolic OH excluding ortho intramolecular Hbond substituents is 2. The van der Waals surface area contributed by atoms with E-state index in [0.29, 0.717) is 5.75 Å². The SMILES string of the molecule is COc1cc2c3c(c1O)-c1cc(O)ccc1C[C@@H]3NCC2. The number of ether oxygens (including phenoxy) is 1. The molecule has 2 aliphatic rings. The maximum absolute atomic E-state index is 10.6. The van der Waals surface area contributed by atoms with Crippen molar-refractivity contribution in [2.24, 2.45) is 0 Å². The molecule has 1 atom stereocenters. The number of aromatic hydroxyl groups is 2. The molecule has 0 aromatic heterocycles. The Kier molecular flexibility index (Phi) is 2.62. The summed E-state index contributed by atoms with van der Waals surface area (Å²) in [5.74, 6) is 0.879. The number of hydrogen-bond donors (Lipinski definition) is 3. The van der Waals surface area contributed by atoms with Crippen molar-refractivity contribution in [1.82, 2.24) is 5.32 Å². The van der Waals surface area contributed by atoms with E-state index in [4.69, 9.17) is 4.74 Å². The summed E-state index contributed by atoms with van der Waals surface area (Å²) in [7, 11) is 1.57. The smallest absolute Gasteiger partial charge is 0.166 e. The summed E-state index contributed by atoms with van der Waals surface area (Å²) in [6, 6.07) is 7.52. The molecule has 0 saturated heterocycles. The molecular formula is C17H17NO3. The summed E-state index contributed by atoms with van der Waals surface area (Å²) in [6.45, 7) is 0.929. The summed E-state index contributed by atoms with van der Waals surface area (Å²) in [4.78, 5) is 0. The van der Waals surface area contributed by atoms with Gasteiger partial charge in [-0.05, 0) is 59.8 Å². The molecule has 21 heavy (non-hydrogen) atoms. The van der Waals surface area contributed by atoms with Crippen molar-refractivity contribution in [3.63, 3.8) is 0 Å². The molecule has 0 spiro atoms. The molecule has 1 aliphatic heterocycles. The van der Waals surface area contributed by atoms with Gasteiger partial charge in [-0.2, -0.15) is 0 Å². The number of hydrogen-bond acceptors (Lipinski definition) is 4. The number of fused-ring (bicyclic) bond motifs is 2. The molecule has 2 aromatic rings. The number of benzene rings is 2. The first kappa shape index (κ1) is 12.5. The standard InChI is InChI=1S/C17H17NO3/c1-21-14-7-10-4-5-18-13-6-9-2-3-11(19)8-12(9)16(15(10)13)17(14)20/h2-3,7-8,13,18-20H,4-6H2,1H3/t13-/m0/s1. The molecule has 0 fully saturated rings. The van der Waals surface area contributed by atoms with Crippen LogP contribution in [0.4, 0.5) is 0 Å². The van der Waals surface area contributed by atoms with Gasteiger partial charge in [-0.1, -0.05) is 6.07 Å². The van der Waals surface area contributed by atoms with Crippen molar-refractivity contribution in [2.75, 3.05) is 13.7 Å². The van der Waals surface area contributed by atoms with E-state index < -0.39 is 0 Å². The van der Waals surface area contributed by atoms with E-state index in [1.807, 2.05) is 12.1 Å². The largest absolute Gasteiger partial charge is 0.508 e. The van der Waals surface area contributed by atoms with Gasteiger partial charge in [-0.15, -0.1) is 0 Å². The van der Waals surface area contributed by atoms with Crippen molar-refractivity contribution < 1.29 is 14.9 Å². The van der Waals surface area contributed by atoms with E-state index in [1.54, 1.807) is 19.2 Å². The maximum atomic E-state index is 10.6. The normalized spacial score (nSPS) is 18.8. The number of rotatable bonds is 1. The lowest BCUT2D eigenvalue weighted by Crippen LogP contribution is -2.33. The van der Waals surface area contributed by atoms with Crippen LogP contribution in [0.5, 0.6) is 17.2 Å². The molecule has 3 N–H and O–H groups in total. The van der Waals surface area contributed by atoms with Gasteiger partial charge in [0.2, 0.25) is 0 Å². The van der Waals surface area contributed by atoms with Crippen LogP contribution in [0.3, 0.4) is 0 Å². The zero-order valence-electron chi connectivity index (χ0n) is 11.8. The second-order valence-electron chi connectivity index (χ2n) is 5.68. The van der Waals surface area contributed by atoms with Crippen LogP contribution in [0.1, 0.15) is 22.7 Å². The zero-order chi connectivity index (χ0) is 14.6. The minimum absolute atomic E-state index is 0.163. The van der Waals surface area contributed by atoms with Gasteiger partial charge >= 0.3 is 0 Å². The van der Waals surface area contributed by atoms with Crippen LogP contribution in [0.15, 0.2) is 24.3 Å². The number of phenols is 2. The molecule has 4 heteroatoms. The first-order valence-electron chi connectivity index (χ1n) is 7.17. The van der Waals surface area contributed by atoms with Gasteiger partial charge in [0.1, 0.15) is 5.75 Å². The van der Waals surface area contributed by atoms with Gasteiger partial charge in [0.05, 0.1) is 7.11 Å². The summed E-state index contributed by atoms with van der Waals surface area (Å²) >= 11 is 0. The molecule has 0 saturated carbocycles. The summed E-state index contributed by atoms with van der Waals surface area (Å²) in [5.41, 5.74) is 5.21. The van der Waals surface area contributed by atoms with Crippen LogP contribution in [-0.4, -0.2) is 23.9 Å². The van der Waals surface area contributed by atoms with E-state index in [9.17, 15) is 10.2 Å². The summed E-state index contributed by atoms with van der Waals surface area (Å²) < 4.78 is 5.33. The monoisotopic (exact) mass is 283 g/mol. The van der Waals surface area contributed by atoms with Crippen molar-refractivity contribution in [3.05, 3.63) is 41.0 Å². The van der Waals surface area contributed by atoms with Gasteiger partial charge in [-0.3, -0.25) is 0 Å². The minimum atomic E-state index is 0.163. The molecular weight excluding hydrogens is 266 g/mol. The molecule has 1 aliphatic carbocycles. The van der Waals surface area contributed by atoms with Crippen LogP contribution in [-0.2, 0) is 12.8 Å². The van der Waals surface area contributed by atoms with Gasteiger partial charge in [0.25, 0.3) is 0 Å². The molecule has 0 amide bonds. The first-order chi connectivity index (χ1) is 10.2. The number of nitrogens with one attached hydrogen (secondary N) is 1. The fraction of sp³-hybridized carbons (Fsp3) is 0.294. The highest BCUT2D eigenvalue weighted by molar-refractivity contribution is 5.83. The quantitative estimate of drug-likeness (QED) is 0.752. The Hall–Kier alpha value is -2.20. The Morgan fingerprint density at radius 3 is 2.86 bits per heavy atom. The average molecular weight is 283 g/mol. The minimum Gasteiger partial charge on any atom is -0.508 e. The Morgan fingerprint density at radius 2 is 2.05 bits per heavy atom. The van der Waals surface area contributed by atoms with Crippen molar-refractivity contribution >= 4 is 0 Å². The van der Waals surface area contributed by atoms with Gasteiger partial charge < -0.3 is 20.3 Å². The van der Waals surface area contributed by atoms with E-state index in [0.717, 1.165) is 41.6 Å². The Morgan fingerprint density at radius 1 is 1.19 bits per heavy atom. The van der Waals surface area contributed by atoms with Crippen LogP contribution in [0.2, 0.25) is 0 Å². The second kappa shape index (κ2) is 4.40. The van der Waals surface area contributed by atoms with Gasteiger partial charge in [0.15, 0.2) is 11.5 Å². The van der Waals surface area contributed by atoms with Crippen molar-refractivity contribution in [1.29, 1.82) is 0 Å². The zero-order valence-corrected chi connectivity index (χ0v) is 11.8. The van der Waals surface area contributed by atoms with Crippen LogP contribution in [0, 0.1) is 0 Å². The first-order valence-corrected chi connectivity index (χ1v) is 7.17. The molecule has 0 bridgehead atoms. The Bertz CT molecular complexity index is 739. The fourth-order valence-corrected chi connectivity index (χ4v) is 3.60. The van der Waals surface area contributed by atoms with Gasteiger partial charge in [0, 0.05) is 11.6 Å². The van der Waals surface area contributed by atoms with E-state index >= 15 is 0 Å². The highest BCUT2D eigenvalue weighted by Crippen LogP contribution is 2.50. The Labute approximate surface area is 123 Å². The lowest BCUT2D eigenvalue weighted by molar-refractivity contribution is 0.370.